The van der Waals surface area contributed by atoms with Crippen LogP contribution in [0.3, 0.4) is 0 Å². The summed E-state index contributed by atoms with van der Waals surface area (Å²) in [7, 11) is 0. The minimum atomic E-state index is 0.589. The number of nitrogens with zero attached hydrogens (tertiary/aromatic N) is 3. The van der Waals surface area contributed by atoms with Gasteiger partial charge in [0.1, 0.15) is 12.2 Å². The van der Waals surface area contributed by atoms with Gasteiger partial charge in [-0.3, -0.25) is 0 Å². The fourth-order valence-electron chi connectivity index (χ4n) is 2.74. The van der Waals surface area contributed by atoms with E-state index in [0.29, 0.717) is 12.0 Å². The van der Waals surface area contributed by atoms with Gasteiger partial charge in [0.2, 0.25) is 0 Å². The summed E-state index contributed by atoms with van der Waals surface area (Å²) >= 11 is 0. The Labute approximate surface area is 117 Å². The lowest BCUT2D eigenvalue weighted by Gasteiger charge is -2.37. The molecule has 1 saturated carbocycles. The Bertz CT molecular complexity index is 383. The average molecular weight is 264 g/mol. The quantitative estimate of drug-likeness (QED) is 0.823. The van der Waals surface area contributed by atoms with E-state index in [1.807, 2.05) is 0 Å². The summed E-state index contributed by atoms with van der Waals surface area (Å²) in [6.07, 6.45) is 5.51. The molecule has 1 aliphatic carbocycles. The van der Waals surface area contributed by atoms with Gasteiger partial charge in [-0.1, -0.05) is 27.7 Å². The van der Waals surface area contributed by atoms with Gasteiger partial charge >= 0.3 is 0 Å². The van der Waals surface area contributed by atoms with Gasteiger partial charge in [-0.25, -0.2) is 9.67 Å². The highest BCUT2D eigenvalue weighted by Gasteiger charge is 2.31. The van der Waals surface area contributed by atoms with E-state index in [9.17, 15) is 0 Å². The van der Waals surface area contributed by atoms with Crippen molar-refractivity contribution in [1.82, 2.24) is 20.1 Å². The molecule has 0 saturated heterocycles. The minimum absolute atomic E-state index is 0.589. The molecule has 0 spiro atoms. The largest absolute Gasteiger partial charge is 0.314 e. The fourth-order valence-corrected chi connectivity index (χ4v) is 2.74. The van der Waals surface area contributed by atoms with Gasteiger partial charge in [-0.2, -0.15) is 5.10 Å². The van der Waals surface area contributed by atoms with Crippen LogP contribution >= 0.6 is 0 Å². The molecule has 0 aromatic carbocycles. The molecule has 1 heterocycles. The molecule has 1 aromatic heterocycles. The molecule has 0 radical (unpaired) electrons. The first-order valence-corrected chi connectivity index (χ1v) is 7.66. The lowest BCUT2D eigenvalue weighted by molar-refractivity contribution is 0.163. The summed E-state index contributed by atoms with van der Waals surface area (Å²) in [5, 5.41) is 7.92. The molecule has 0 bridgehead atoms. The molecule has 1 fully saturated rings. The molecule has 19 heavy (non-hydrogen) atoms. The lowest BCUT2D eigenvalue weighted by Crippen LogP contribution is -2.39. The Morgan fingerprint density at radius 2 is 2.00 bits per heavy atom. The number of rotatable bonds is 7. The maximum absolute atomic E-state index is 4.45. The van der Waals surface area contributed by atoms with Crippen LogP contribution in [-0.2, 0) is 13.0 Å². The molecule has 108 valence electrons. The summed E-state index contributed by atoms with van der Waals surface area (Å²) in [6.45, 7) is 11.0. The van der Waals surface area contributed by atoms with Gasteiger partial charge in [0.25, 0.3) is 0 Å². The van der Waals surface area contributed by atoms with E-state index >= 15 is 0 Å². The molecule has 1 N–H and O–H groups in total. The van der Waals surface area contributed by atoms with Crippen LogP contribution in [-0.4, -0.2) is 27.4 Å². The predicted molar refractivity (Wildman–Crippen MR) is 77.9 cm³/mol. The second-order valence-corrected chi connectivity index (χ2v) is 6.62. The zero-order valence-corrected chi connectivity index (χ0v) is 12.8. The monoisotopic (exact) mass is 264 g/mol. The van der Waals surface area contributed by atoms with Crippen LogP contribution in [0.2, 0.25) is 0 Å². The van der Waals surface area contributed by atoms with Gasteiger partial charge in [-0.05, 0) is 37.1 Å². The topological polar surface area (TPSA) is 42.7 Å². The van der Waals surface area contributed by atoms with Crippen molar-refractivity contribution in [1.29, 1.82) is 0 Å². The Kier molecular flexibility index (Phi) is 4.97. The van der Waals surface area contributed by atoms with E-state index < -0.39 is 0 Å². The molecule has 0 amide bonds. The summed E-state index contributed by atoms with van der Waals surface area (Å²) in [4.78, 5) is 4.45. The van der Waals surface area contributed by atoms with Crippen molar-refractivity contribution >= 4 is 0 Å². The molecular formula is C15H28N4. The molecule has 2 unspecified atom stereocenters. The van der Waals surface area contributed by atoms with Crippen molar-refractivity contribution in [3.63, 3.8) is 0 Å². The Balaban J connectivity index is 1.85. The highest BCUT2D eigenvalue weighted by molar-refractivity contribution is 4.94. The minimum Gasteiger partial charge on any atom is -0.314 e. The molecule has 4 nitrogen and oxygen atoms in total. The van der Waals surface area contributed by atoms with Crippen molar-refractivity contribution in [3.05, 3.63) is 12.2 Å². The molecule has 1 aliphatic rings. The molecule has 4 heteroatoms. The first-order chi connectivity index (χ1) is 9.06. The lowest BCUT2D eigenvalue weighted by atomic mass is 9.71. The van der Waals surface area contributed by atoms with Gasteiger partial charge in [0.05, 0.1) is 0 Å². The van der Waals surface area contributed by atoms with Crippen LogP contribution in [0, 0.1) is 17.8 Å². The Morgan fingerprint density at radius 1 is 1.26 bits per heavy atom. The zero-order valence-electron chi connectivity index (χ0n) is 12.8. The standard InChI is InChI=1S/C15H28N4/c1-11(2)9-19-15(17-10-18-19)7-13-5-6-14(13)8-16-12(3)4/h10-14,16H,5-9H2,1-4H3. The summed E-state index contributed by atoms with van der Waals surface area (Å²) in [5.74, 6) is 3.42. The summed E-state index contributed by atoms with van der Waals surface area (Å²) < 4.78 is 2.09. The molecular weight excluding hydrogens is 236 g/mol. The van der Waals surface area contributed by atoms with Crippen molar-refractivity contribution in [3.8, 4) is 0 Å². The third kappa shape index (κ3) is 4.03. The fraction of sp³-hybridized carbons (Fsp3) is 0.867. The van der Waals surface area contributed by atoms with Crippen LogP contribution in [0.5, 0.6) is 0 Å². The van der Waals surface area contributed by atoms with E-state index in [1.165, 1.54) is 18.7 Å². The average Bonchev–Trinajstić information content (AvgIpc) is 2.70. The first kappa shape index (κ1) is 14.5. The van der Waals surface area contributed by atoms with Crippen molar-refractivity contribution in [2.24, 2.45) is 17.8 Å². The maximum atomic E-state index is 4.45. The number of aromatic nitrogens is 3. The van der Waals surface area contributed by atoms with Gasteiger partial charge in [0, 0.05) is 19.0 Å². The van der Waals surface area contributed by atoms with Gasteiger partial charge in [0.15, 0.2) is 0 Å². The predicted octanol–water partition coefficient (Wildman–Crippen LogP) is 2.50. The number of hydrogen-bond acceptors (Lipinski definition) is 3. The Hall–Kier alpha value is -0.900. The smallest absolute Gasteiger partial charge is 0.138 e. The van der Waals surface area contributed by atoms with E-state index in [2.05, 4.69) is 47.8 Å². The highest BCUT2D eigenvalue weighted by Crippen LogP contribution is 2.36. The van der Waals surface area contributed by atoms with Crippen molar-refractivity contribution < 1.29 is 0 Å². The third-order valence-corrected chi connectivity index (χ3v) is 4.04. The van der Waals surface area contributed by atoms with Crippen LogP contribution in [0.1, 0.15) is 46.4 Å². The van der Waals surface area contributed by atoms with Crippen molar-refractivity contribution in [2.75, 3.05) is 6.54 Å². The van der Waals surface area contributed by atoms with E-state index in [0.717, 1.165) is 31.3 Å². The van der Waals surface area contributed by atoms with E-state index in [4.69, 9.17) is 0 Å². The molecule has 1 aromatic rings. The normalized spacial score (nSPS) is 23.1. The number of hydrogen-bond donors (Lipinski definition) is 1. The van der Waals surface area contributed by atoms with E-state index in [-0.39, 0.29) is 0 Å². The molecule has 0 aliphatic heterocycles. The van der Waals surface area contributed by atoms with Crippen LogP contribution in [0.25, 0.3) is 0 Å². The van der Waals surface area contributed by atoms with Crippen LogP contribution in [0.15, 0.2) is 6.33 Å². The van der Waals surface area contributed by atoms with E-state index in [1.54, 1.807) is 6.33 Å². The van der Waals surface area contributed by atoms with Crippen molar-refractivity contribution in [2.45, 2.75) is 59.5 Å². The summed E-state index contributed by atoms with van der Waals surface area (Å²) in [5.41, 5.74) is 0. The van der Waals surface area contributed by atoms with Crippen LogP contribution in [0.4, 0.5) is 0 Å². The van der Waals surface area contributed by atoms with Crippen LogP contribution < -0.4 is 5.32 Å². The van der Waals surface area contributed by atoms with Gasteiger partial charge in [-0.15, -0.1) is 0 Å². The number of nitrogens with one attached hydrogen (secondary N) is 1. The maximum Gasteiger partial charge on any atom is 0.138 e. The first-order valence-electron chi connectivity index (χ1n) is 7.66. The highest BCUT2D eigenvalue weighted by atomic mass is 15.3. The second-order valence-electron chi connectivity index (χ2n) is 6.62. The zero-order chi connectivity index (χ0) is 13.8. The molecule has 2 rings (SSSR count). The Morgan fingerprint density at radius 3 is 2.58 bits per heavy atom. The molecule has 2 atom stereocenters. The second kappa shape index (κ2) is 6.51. The third-order valence-electron chi connectivity index (χ3n) is 4.04. The van der Waals surface area contributed by atoms with Gasteiger partial charge < -0.3 is 5.32 Å². The summed E-state index contributed by atoms with van der Waals surface area (Å²) in [6, 6.07) is 0.589. The SMILES string of the molecule is CC(C)Cn1ncnc1CC1CCC1CNC(C)C.